The number of halogens is 3. The van der Waals surface area contributed by atoms with E-state index in [-0.39, 0.29) is 24.0 Å². The van der Waals surface area contributed by atoms with Gasteiger partial charge in [0.1, 0.15) is 17.2 Å². The number of rotatable bonds is 9. The Bertz CT molecular complexity index is 1050. The van der Waals surface area contributed by atoms with Crippen molar-refractivity contribution >= 4 is 5.91 Å². The minimum Gasteiger partial charge on any atom is -0.457 e. The monoisotopic (exact) mass is 460 g/mol. The lowest BCUT2D eigenvalue weighted by Gasteiger charge is -2.12. The van der Waals surface area contributed by atoms with Crippen LogP contribution in [-0.4, -0.2) is 12.3 Å². The number of hydrogen-bond acceptors (Lipinski definition) is 4. The van der Waals surface area contributed by atoms with Gasteiger partial charge in [-0.25, -0.2) is 0 Å². The molecular formula is C25H27F3N2O3. The molecule has 0 aliphatic heterocycles. The molecule has 0 bridgehead atoms. The summed E-state index contributed by atoms with van der Waals surface area (Å²) in [6, 6.07) is 12.1. The summed E-state index contributed by atoms with van der Waals surface area (Å²) in [6.07, 6.45) is 1.50. The summed E-state index contributed by atoms with van der Waals surface area (Å²) in [7, 11) is 0. The number of ether oxygens (including phenoxy) is 2. The number of hydrogen-bond donors (Lipinski definition) is 2. The number of amides is 1. The van der Waals surface area contributed by atoms with Crippen LogP contribution < -0.4 is 20.5 Å². The van der Waals surface area contributed by atoms with Crippen molar-refractivity contribution in [2.75, 3.05) is 0 Å². The average Bonchev–Trinajstić information content (AvgIpc) is 2.74. The Morgan fingerprint density at radius 2 is 1.70 bits per heavy atom. The molecule has 0 fully saturated rings. The topological polar surface area (TPSA) is 73.6 Å². The van der Waals surface area contributed by atoms with Gasteiger partial charge >= 0.3 is 6.36 Å². The van der Waals surface area contributed by atoms with Crippen LogP contribution in [0.2, 0.25) is 0 Å². The fourth-order valence-electron chi connectivity index (χ4n) is 2.68. The first kappa shape index (κ1) is 25.6. The van der Waals surface area contributed by atoms with Crippen molar-refractivity contribution in [1.82, 2.24) is 5.32 Å². The van der Waals surface area contributed by atoms with Crippen LogP contribution in [0, 0.1) is 0 Å². The highest BCUT2D eigenvalue weighted by atomic mass is 19.4. The number of allylic oxidation sites excluding steroid dienone is 4. The van der Waals surface area contributed by atoms with Crippen LogP contribution in [0.5, 0.6) is 17.2 Å². The van der Waals surface area contributed by atoms with Gasteiger partial charge in [-0.05, 0) is 56.2 Å². The zero-order valence-electron chi connectivity index (χ0n) is 18.7. The molecule has 0 radical (unpaired) electrons. The molecular weight excluding hydrogens is 433 g/mol. The minimum atomic E-state index is -4.79. The lowest BCUT2D eigenvalue weighted by atomic mass is 10.1. The van der Waals surface area contributed by atoms with Gasteiger partial charge in [0.2, 0.25) is 0 Å². The fraction of sp³-hybridized carbons (Fsp3) is 0.240. The molecule has 0 aliphatic rings. The third-order valence-corrected chi connectivity index (χ3v) is 4.50. The van der Waals surface area contributed by atoms with Gasteiger partial charge < -0.3 is 20.5 Å². The van der Waals surface area contributed by atoms with E-state index >= 15 is 0 Å². The van der Waals surface area contributed by atoms with Crippen molar-refractivity contribution in [3.8, 4) is 17.2 Å². The van der Waals surface area contributed by atoms with E-state index in [0.29, 0.717) is 17.0 Å². The largest absolute Gasteiger partial charge is 0.573 e. The highest BCUT2D eigenvalue weighted by molar-refractivity contribution is 5.96. The van der Waals surface area contributed by atoms with Crippen molar-refractivity contribution < 1.29 is 27.4 Å². The Hall–Kier alpha value is -3.68. The third-order valence-electron chi connectivity index (χ3n) is 4.50. The van der Waals surface area contributed by atoms with Crippen LogP contribution in [0.1, 0.15) is 32.8 Å². The van der Waals surface area contributed by atoms with Crippen molar-refractivity contribution in [3.05, 3.63) is 89.2 Å². The van der Waals surface area contributed by atoms with E-state index in [2.05, 4.69) is 10.1 Å². The number of carbonyl (C=O) groups excluding carboxylic acids is 1. The molecule has 0 heterocycles. The number of nitrogens with two attached hydrogens (primary N) is 1. The van der Waals surface area contributed by atoms with Crippen molar-refractivity contribution in [3.63, 3.8) is 0 Å². The summed E-state index contributed by atoms with van der Waals surface area (Å²) in [5.74, 6) is -0.117. The maximum Gasteiger partial charge on any atom is 0.573 e. The van der Waals surface area contributed by atoms with Gasteiger partial charge in [-0.2, -0.15) is 0 Å². The quantitative estimate of drug-likeness (QED) is 0.348. The summed E-state index contributed by atoms with van der Waals surface area (Å²) in [5, 5.41) is 2.81. The van der Waals surface area contributed by atoms with E-state index < -0.39 is 6.36 Å². The first-order valence-corrected chi connectivity index (χ1v) is 10.3. The lowest BCUT2D eigenvalue weighted by molar-refractivity contribution is -0.274. The molecule has 3 N–H and O–H groups in total. The van der Waals surface area contributed by atoms with Gasteiger partial charge in [-0.1, -0.05) is 42.8 Å². The highest BCUT2D eigenvalue weighted by Gasteiger charge is 2.31. The summed E-state index contributed by atoms with van der Waals surface area (Å²) in [4.78, 5) is 12.6. The van der Waals surface area contributed by atoms with Gasteiger partial charge in [0.15, 0.2) is 0 Å². The molecule has 0 spiro atoms. The zero-order chi connectivity index (χ0) is 24.4. The van der Waals surface area contributed by atoms with E-state index in [9.17, 15) is 18.0 Å². The summed E-state index contributed by atoms with van der Waals surface area (Å²) in [5.41, 5.74) is 8.53. The van der Waals surface area contributed by atoms with Crippen LogP contribution in [0.4, 0.5) is 13.2 Å². The Morgan fingerprint density at radius 3 is 2.33 bits per heavy atom. The first-order valence-electron chi connectivity index (χ1n) is 10.3. The molecule has 0 unspecified atom stereocenters. The van der Waals surface area contributed by atoms with Crippen LogP contribution in [0.15, 0.2) is 83.6 Å². The standard InChI is InChI=1S/C25H27F3N2O3/c1-4-17(2)8-5-13-23(18(3)29)24(31)30-16-19-9-6-10-20(14-19)32-21-11-7-12-22(15-21)33-25(26,27)28/h5-15H,4,16,29H2,1-3H3,(H,30,31)/b13-5-,17-8?,23-18-. The predicted molar refractivity (Wildman–Crippen MR) is 122 cm³/mol. The summed E-state index contributed by atoms with van der Waals surface area (Å²) in [6.45, 7) is 5.91. The smallest absolute Gasteiger partial charge is 0.457 e. The van der Waals surface area contributed by atoms with E-state index in [1.807, 2.05) is 19.9 Å². The summed E-state index contributed by atoms with van der Waals surface area (Å²) < 4.78 is 46.8. The Balaban J connectivity index is 2.04. The Kier molecular flexibility index (Phi) is 9.15. The van der Waals surface area contributed by atoms with Crippen molar-refractivity contribution in [1.29, 1.82) is 0 Å². The number of nitrogens with one attached hydrogen (secondary N) is 1. The zero-order valence-corrected chi connectivity index (χ0v) is 18.7. The first-order chi connectivity index (χ1) is 15.6. The van der Waals surface area contributed by atoms with E-state index in [4.69, 9.17) is 10.5 Å². The van der Waals surface area contributed by atoms with Gasteiger partial charge in [-0.3, -0.25) is 4.79 Å². The molecule has 0 atom stereocenters. The third kappa shape index (κ3) is 9.14. The van der Waals surface area contributed by atoms with Crippen molar-refractivity contribution in [2.24, 2.45) is 5.73 Å². The summed E-state index contributed by atoms with van der Waals surface area (Å²) >= 11 is 0. The molecule has 2 aromatic carbocycles. The SMILES string of the molecule is CCC(C)=C/C=C\C(C(=O)NCc1cccc(Oc2cccc(OC(F)(F)F)c2)c1)=C(/C)N. The van der Waals surface area contributed by atoms with Gasteiger partial charge in [0.05, 0.1) is 5.57 Å². The molecule has 8 heteroatoms. The second kappa shape index (κ2) is 11.8. The van der Waals surface area contributed by atoms with Crippen LogP contribution >= 0.6 is 0 Å². The average molecular weight is 460 g/mol. The molecule has 2 aromatic rings. The molecule has 176 valence electrons. The Labute approximate surface area is 191 Å². The highest BCUT2D eigenvalue weighted by Crippen LogP contribution is 2.29. The Morgan fingerprint density at radius 1 is 1.06 bits per heavy atom. The molecule has 2 rings (SSSR count). The van der Waals surface area contributed by atoms with E-state index in [1.54, 1.807) is 43.3 Å². The maximum atomic E-state index is 12.6. The molecule has 33 heavy (non-hydrogen) atoms. The van der Waals surface area contributed by atoms with E-state index in [1.165, 1.54) is 23.8 Å². The lowest BCUT2D eigenvalue weighted by Crippen LogP contribution is -2.25. The minimum absolute atomic E-state index is 0.183. The second-order valence-corrected chi connectivity index (χ2v) is 7.28. The number of benzene rings is 2. The van der Waals surface area contributed by atoms with E-state index in [0.717, 1.165) is 18.1 Å². The fourth-order valence-corrected chi connectivity index (χ4v) is 2.68. The normalized spacial score (nSPS) is 13.0. The second-order valence-electron chi connectivity index (χ2n) is 7.28. The number of carbonyl (C=O) groups is 1. The molecule has 0 aromatic heterocycles. The molecule has 0 aliphatic carbocycles. The molecule has 0 saturated heterocycles. The van der Waals surface area contributed by atoms with Gasteiger partial charge in [0, 0.05) is 18.3 Å². The predicted octanol–water partition coefficient (Wildman–Crippen LogP) is 6.14. The number of alkyl halides is 3. The van der Waals surface area contributed by atoms with Crippen LogP contribution in [0.3, 0.4) is 0 Å². The molecule has 1 amide bonds. The maximum absolute atomic E-state index is 12.6. The van der Waals surface area contributed by atoms with Gasteiger partial charge in [-0.15, -0.1) is 13.2 Å². The molecule has 0 saturated carbocycles. The van der Waals surface area contributed by atoms with Crippen LogP contribution in [-0.2, 0) is 11.3 Å². The molecule has 5 nitrogen and oxygen atoms in total. The van der Waals surface area contributed by atoms with Gasteiger partial charge in [0.25, 0.3) is 5.91 Å². The van der Waals surface area contributed by atoms with Crippen LogP contribution in [0.25, 0.3) is 0 Å². The van der Waals surface area contributed by atoms with Crippen molar-refractivity contribution in [2.45, 2.75) is 40.1 Å².